The van der Waals surface area contributed by atoms with Crippen molar-refractivity contribution >= 4 is 46.8 Å². The van der Waals surface area contributed by atoms with Crippen LogP contribution in [0.3, 0.4) is 0 Å². The van der Waals surface area contributed by atoms with E-state index in [9.17, 15) is 14.4 Å². The van der Waals surface area contributed by atoms with E-state index < -0.39 is 24.4 Å². The minimum absolute atomic E-state index is 0.107. The molecule has 0 atom stereocenters. The van der Waals surface area contributed by atoms with Crippen LogP contribution in [0, 0.1) is 0 Å². The number of hydrogen-bond donors (Lipinski definition) is 2. The predicted octanol–water partition coefficient (Wildman–Crippen LogP) is 4.19. The number of carbonyl (C=O) groups is 3. The highest BCUT2D eigenvalue weighted by Crippen LogP contribution is 2.19. The molecule has 2 amide bonds. The van der Waals surface area contributed by atoms with Crippen LogP contribution in [0.1, 0.15) is 15.9 Å². The smallest absolute Gasteiger partial charge is 0.340 e. The number of nitrogens with zero attached hydrogens (tertiary/aromatic N) is 1. The number of hydrogen-bond acceptors (Lipinski definition) is 6. The van der Waals surface area contributed by atoms with Crippen LogP contribution in [-0.4, -0.2) is 36.5 Å². The van der Waals surface area contributed by atoms with Crippen LogP contribution in [0.5, 0.6) is 5.75 Å². The summed E-state index contributed by atoms with van der Waals surface area (Å²) in [5.41, 5.74) is 1.47. The van der Waals surface area contributed by atoms with Gasteiger partial charge in [0.25, 0.3) is 5.91 Å². The van der Waals surface area contributed by atoms with Gasteiger partial charge in [-0.1, -0.05) is 35.9 Å². The van der Waals surface area contributed by atoms with Crippen LogP contribution in [0.15, 0.2) is 72.9 Å². The molecule has 3 aromatic rings. The predicted molar refractivity (Wildman–Crippen MR) is 125 cm³/mol. The lowest BCUT2D eigenvalue weighted by Gasteiger charge is -2.10. The summed E-state index contributed by atoms with van der Waals surface area (Å²) < 4.78 is 10.2. The summed E-state index contributed by atoms with van der Waals surface area (Å²) in [7, 11) is 1.57. The second kappa shape index (κ2) is 11.4. The lowest BCUT2D eigenvalue weighted by molar-refractivity contribution is -0.119. The van der Waals surface area contributed by atoms with E-state index in [1.807, 2.05) is 0 Å². The van der Waals surface area contributed by atoms with Gasteiger partial charge in [0, 0.05) is 12.3 Å². The average molecular weight is 466 g/mol. The van der Waals surface area contributed by atoms with Gasteiger partial charge < -0.3 is 20.1 Å². The number of nitrogens with one attached hydrogen (secondary N) is 2. The number of amides is 2. The fraction of sp³-hybridized carbons (Fsp3) is 0.0833. The van der Waals surface area contributed by atoms with E-state index in [0.717, 1.165) is 5.56 Å². The summed E-state index contributed by atoms with van der Waals surface area (Å²) in [4.78, 5) is 40.7. The molecule has 1 heterocycles. The first-order valence-corrected chi connectivity index (χ1v) is 10.1. The van der Waals surface area contributed by atoms with Crippen LogP contribution in [0.4, 0.5) is 11.4 Å². The van der Waals surface area contributed by atoms with E-state index in [2.05, 4.69) is 15.6 Å². The zero-order chi connectivity index (χ0) is 23.6. The van der Waals surface area contributed by atoms with Crippen LogP contribution >= 0.6 is 11.6 Å². The molecule has 3 rings (SSSR count). The molecule has 0 aliphatic heterocycles. The Morgan fingerprint density at radius 3 is 2.42 bits per heavy atom. The SMILES string of the molecule is COc1ccc(/C=C/C(=O)Nc2ccccc2C(=O)OCC(=O)Nc2cccnc2Cl)cc1. The number of anilines is 2. The minimum atomic E-state index is -0.766. The van der Waals surface area contributed by atoms with Crippen molar-refractivity contribution in [3.05, 3.63) is 89.2 Å². The normalized spacial score (nSPS) is 10.5. The number of esters is 1. The average Bonchev–Trinajstić information content (AvgIpc) is 2.83. The van der Waals surface area contributed by atoms with Crippen LogP contribution < -0.4 is 15.4 Å². The van der Waals surface area contributed by atoms with Gasteiger partial charge in [0.05, 0.1) is 24.0 Å². The molecule has 0 unspecified atom stereocenters. The van der Waals surface area contributed by atoms with Gasteiger partial charge in [-0.15, -0.1) is 0 Å². The van der Waals surface area contributed by atoms with E-state index in [-0.39, 0.29) is 16.4 Å². The molecule has 0 aliphatic rings. The molecule has 33 heavy (non-hydrogen) atoms. The largest absolute Gasteiger partial charge is 0.497 e. The molecule has 1 aromatic heterocycles. The first-order valence-electron chi connectivity index (χ1n) is 9.76. The Morgan fingerprint density at radius 1 is 0.970 bits per heavy atom. The quantitative estimate of drug-likeness (QED) is 0.293. The van der Waals surface area contributed by atoms with Crippen molar-refractivity contribution < 1.29 is 23.9 Å². The van der Waals surface area contributed by atoms with E-state index in [1.165, 1.54) is 18.3 Å². The number of pyridine rings is 1. The second-order valence-electron chi connectivity index (χ2n) is 6.61. The molecular formula is C24H20ClN3O5. The summed E-state index contributed by atoms with van der Waals surface area (Å²) in [5, 5.41) is 5.27. The van der Waals surface area contributed by atoms with Gasteiger partial charge in [-0.2, -0.15) is 0 Å². The molecule has 0 saturated heterocycles. The number of ether oxygens (including phenoxy) is 2. The van der Waals surface area contributed by atoms with Crippen molar-refractivity contribution in [1.29, 1.82) is 0 Å². The lowest BCUT2D eigenvalue weighted by atomic mass is 10.1. The highest BCUT2D eigenvalue weighted by atomic mass is 35.5. The zero-order valence-electron chi connectivity index (χ0n) is 17.6. The van der Waals surface area contributed by atoms with E-state index in [4.69, 9.17) is 21.1 Å². The Bertz CT molecular complexity index is 1180. The molecule has 0 aliphatic carbocycles. The first kappa shape index (κ1) is 23.5. The molecule has 8 nitrogen and oxygen atoms in total. The van der Waals surface area contributed by atoms with Gasteiger partial charge in [-0.3, -0.25) is 9.59 Å². The third-order valence-electron chi connectivity index (χ3n) is 4.32. The monoisotopic (exact) mass is 465 g/mol. The van der Waals surface area contributed by atoms with Crippen molar-refractivity contribution in [3.8, 4) is 5.75 Å². The summed E-state index contributed by atoms with van der Waals surface area (Å²) in [6, 6.07) is 16.7. The Labute approximate surface area is 195 Å². The number of para-hydroxylation sites is 1. The maximum Gasteiger partial charge on any atom is 0.340 e. The molecule has 168 valence electrons. The summed E-state index contributed by atoms with van der Waals surface area (Å²) in [6.45, 7) is -0.538. The van der Waals surface area contributed by atoms with Gasteiger partial charge in [-0.25, -0.2) is 9.78 Å². The maximum atomic E-state index is 12.5. The summed E-state index contributed by atoms with van der Waals surface area (Å²) >= 11 is 5.89. The second-order valence-corrected chi connectivity index (χ2v) is 6.97. The molecule has 0 radical (unpaired) electrons. The van der Waals surface area contributed by atoms with E-state index in [0.29, 0.717) is 11.4 Å². The highest BCUT2D eigenvalue weighted by Gasteiger charge is 2.16. The molecule has 0 spiro atoms. The zero-order valence-corrected chi connectivity index (χ0v) is 18.3. The van der Waals surface area contributed by atoms with Gasteiger partial charge in [0.1, 0.15) is 5.75 Å². The van der Waals surface area contributed by atoms with Crippen molar-refractivity contribution in [3.63, 3.8) is 0 Å². The number of aromatic nitrogens is 1. The highest BCUT2D eigenvalue weighted by molar-refractivity contribution is 6.32. The standard InChI is InChI=1S/C24H20ClN3O5/c1-32-17-11-8-16(9-12-17)10-13-21(29)27-19-6-3-2-5-18(19)24(31)33-15-22(30)28-20-7-4-14-26-23(20)25/h2-14H,15H2,1H3,(H,27,29)(H,28,30)/b13-10+. The Kier molecular flexibility index (Phi) is 8.15. The van der Waals surface area contributed by atoms with E-state index in [1.54, 1.807) is 67.8 Å². The fourth-order valence-corrected chi connectivity index (χ4v) is 2.87. The van der Waals surface area contributed by atoms with Crippen LogP contribution in [0.2, 0.25) is 5.15 Å². The minimum Gasteiger partial charge on any atom is -0.497 e. The van der Waals surface area contributed by atoms with Gasteiger partial charge in [0.2, 0.25) is 5.91 Å². The van der Waals surface area contributed by atoms with Gasteiger partial charge in [0.15, 0.2) is 11.8 Å². The Morgan fingerprint density at radius 2 is 1.70 bits per heavy atom. The topological polar surface area (TPSA) is 107 Å². The number of rotatable bonds is 8. The van der Waals surface area contributed by atoms with Crippen molar-refractivity contribution in [2.75, 3.05) is 24.4 Å². The molecule has 0 bridgehead atoms. The maximum absolute atomic E-state index is 12.5. The summed E-state index contributed by atoms with van der Waals surface area (Å²) in [5.74, 6) is -1.07. The van der Waals surface area contributed by atoms with Crippen molar-refractivity contribution in [1.82, 2.24) is 4.98 Å². The van der Waals surface area contributed by atoms with Crippen molar-refractivity contribution in [2.24, 2.45) is 0 Å². The van der Waals surface area contributed by atoms with Crippen molar-refractivity contribution in [2.45, 2.75) is 0 Å². The summed E-state index contributed by atoms with van der Waals surface area (Å²) in [6.07, 6.45) is 4.45. The first-order chi connectivity index (χ1) is 16.0. The third-order valence-corrected chi connectivity index (χ3v) is 4.62. The number of carbonyl (C=O) groups excluding carboxylic acids is 3. The molecule has 2 N–H and O–H groups in total. The fourth-order valence-electron chi connectivity index (χ4n) is 2.71. The number of halogens is 1. The Balaban J connectivity index is 1.58. The molecule has 9 heteroatoms. The van der Waals surface area contributed by atoms with Gasteiger partial charge in [-0.05, 0) is 48.0 Å². The molecule has 2 aromatic carbocycles. The third kappa shape index (κ3) is 6.91. The number of methoxy groups -OCH3 is 1. The molecule has 0 saturated carbocycles. The van der Waals surface area contributed by atoms with Gasteiger partial charge >= 0.3 is 5.97 Å². The molecule has 0 fully saturated rings. The van der Waals surface area contributed by atoms with Crippen LogP contribution in [0.25, 0.3) is 6.08 Å². The van der Waals surface area contributed by atoms with Crippen LogP contribution in [-0.2, 0) is 14.3 Å². The molecular weight excluding hydrogens is 446 g/mol. The van der Waals surface area contributed by atoms with E-state index >= 15 is 0 Å². The lowest BCUT2D eigenvalue weighted by Crippen LogP contribution is -2.22. The Hall–Kier alpha value is -4.17. The number of benzene rings is 2.